The molecule has 1 fully saturated rings. The number of carbonyl (C=O) groups is 4. The molecule has 10 nitrogen and oxygen atoms in total. The second-order valence-electron chi connectivity index (χ2n) is 7.23. The lowest BCUT2D eigenvalue weighted by Crippen LogP contribution is -2.48. The quantitative estimate of drug-likeness (QED) is 0.392. The molecule has 0 aromatic rings. The number of esters is 2. The first-order valence-corrected chi connectivity index (χ1v) is 8.15. The lowest BCUT2D eigenvalue weighted by atomic mass is 9.98. The minimum Gasteiger partial charge on any atom is -0.427 e. The molecule has 11 heteroatoms. The smallest absolute Gasteiger partial charge is 0.373 e. The van der Waals surface area contributed by atoms with Crippen LogP contribution < -0.4 is 5.73 Å². The van der Waals surface area contributed by atoms with Crippen molar-refractivity contribution in [3.63, 3.8) is 0 Å². The largest absolute Gasteiger partial charge is 0.427 e. The van der Waals surface area contributed by atoms with Crippen LogP contribution in [0, 0.1) is 5.41 Å². The number of hydrogen-bond donors (Lipinski definition) is 1. The van der Waals surface area contributed by atoms with E-state index >= 15 is 0 Å². The van der Waals surface area contributed by atoms with Gasteiger partial charge in [0, 0.05) is 0 Å². The summed E-state index contributed by atoms with van der Waals surface area (Å²) >= 11 is 0. The van der Waals surface area contributed by atoms with Gasteiger partial charge in [-0.25, -0.2) is 18.8 Å². The minimum atomic E-state index is -2.62. The summed E-state index contributed by atoms with van der Waals surface area (Å²) in [4.78, 5) is 52.9. The number of halogens is 1. The lowest BCUT2D eigenvalue weighted by Gasteiger charge is -2.27. The molecule has 150 valence electrons. The number of primary amides is 1. The molecule has 2 rings (SSSR count). The van der Waals surface area contributed by atoms with Crippen LogP contribution in [-0.4, -0.2) is 65.6 Å². The van der Waals surface area contributed by atoms with Gasteiger partial charge in [-0.2, -0.15) is 5.06 Å². The topological polar surface area (TPSA) is 128 Å². The van der Waals surface area contributed by atoms with Crippen molar-refractivity contribution >= 4 is 23.9 Å². The van der Waals surface area contributed by atoms with E-state index in [9.17, 15) is 23.6 Å². The van der Waals surface area contributed by atoms with Crippen LogP contribution in [0.2, 0.25) is 0 Å². The number of urea groups is 1. The number of amides is 3. The van der Waals surface area contributed by atoms with Crippen LogP contribution in [0.3, 0.4) is 0 Å². The second kappa shape index (κ2) is 7.51. The van der Waals surface area contributed by atoms with Crippen LogP contribution in [0.5, 0.6) is 0 Å². The Bertz CT molecular complexity index is 688. The average Bonchev–Trinajstić information content (AvgIpc) is 2.78. The number of nitrogens with two attached hydrogens (primary N) is 1. The highest BCUT2D eigenvalue weighted by Gasteiger charge is 2.48. The van der Waals surface area contributed by atoms with E-state index in [2.05, 4.69) is 9.47 Å². The Kier molecular flexibility index (Phi) is 5.73. The fourth-order valence-electron chi connectivity index (χ4n) is 2.67. The molecule has 2 aliphatic heterocycles. The summed E-state index contributed by atoms with van der Waals surface area (Å²) in [7, 11) is 0. The molecule has 27 heavy (non-hydrogen) atoms. The highest BCUT2D eigenvalue weighted by Crippen LogP contribution is 2.30. The van der Waals surface area contributed by atoms with Crippen molar-refractivity contribution in [2.45, 2.75) is 46.1 Å². The van der Waals surface area contributed by atoms with E-state index in [0.717, 1.165) is 4.90 Å². The van der Waals surface area contributed by atoms with Crippen molar-refractivity contribution in [1.29, 1.82) is 0 Å². The standard InChI is InChI=1S/C16H22FN3O7/c1-8-5-9-6-19(10(8)12(18)21)15(24)20(9)27-11(17)13(22)25-7-26-14(23)16(2,3)4/h5,9-11H,6-7H2,1-4H3,(H2,18,21)/t9?,10-,11-/m0/s1. The van der Waals surface area contributed by atoms with Crippen molar-refractivity contribution in [3.8, 4) is 0 Å². The SMILES string of the molecule is CC1=CC2CN(C(=O)N2O[C@H](F)C(=O)OCOC(=O)C(C)(C)C)[C@@H]1C(N)=O. The van der Waals surface area contributed by atoms with Gasteiger partial charge >= 0.3 is 24.3 Å². The Morgan fingerprint density at radius 1 is 1.33 bits per heavy atom. The Labute approximate surface area is 154 Å². The minimum absolute atomic E-state index is 0.0642. The molecule has 0 aliphatic carbocycles. The summed E-state index contributed by atoms with van der Waals surface area (Å²) in [5, 5.41) is 0.652. The zero-order valence-electron chi connectivity index (χ0n) is 15.4. The van der Waals surface area contributed by atoms with Gasteiger partial charge in [0.25, 0.3) is 0 Å². The molecular weight excluding hydrogens is 365 g/mol. The van der Waals surface area contributed by atoms with E-state index in [4.69, 9.17) is 10.6 Å². The molecule has 1 unspecified atom stereocenters. The predicted molar refractivity (Wildman–Crippen MR) is 87.0 cm³/mol. The van der Waals surface area contributed by atoms with Gasteiger partial charge in [0.15, 0.2) is 0 Å². The normalized spacial score (nSPS) is 23.0. The van der Waals surface area contributed by atoms with E-state index in [-0.39, 0.29) is 6.54 Å². The van der Waals surface area contributed by atoms with Crippen molar-refractivity contribution in [3.05, 3.63) is 11.6 Å². The van der Waals surface area contributed by atoms with Crippen molar-refractivity contribution < 1.29 is 37.9 Å². The van der Waals surface area contributed by atoms with E-state index in [0.29, 0.717) is 10.6 Å². The number of rotatable bonds is 6. The zero-order valence-corrected chi connectivity index (χ0v) is 15.4. The van der Waals surface area contributed by atoms with E-state index < -0.39 is 54.5 Å². The van der Waals surface area contributed by atoms with E-state index in [1.54, 1.807) is 33.8 Å². The Morgan fingerprint density at radius 3 is 2.52 bits per heavy atom. The third-order valence-electron chi connectivity index (χ3n) is 3.98. The molecule has 3 amide bonds. The summed E-state index contributed by atoms with van der Waals surface area (Å²) < 4.78 is 23.2. The van der Waals surface area contributed by atoms with Gasteiger partial charge in [0.05, 0.1) is 18.0 Å². The molecule has 2 aliphatic rings. The fraction of sp³-hybridized carbons (Fsp3) is 0.625. The van der Waals surface area contributed by atoms with E-state index in [1.165, 1.54) is 0 Å². The Balaban J connectivity index is 1.92. The van der Waals surface area contributed by atoms with Crippen molar-refractivity contribution in [2.24, 2.45) is 11.1 Å². The van der Waals surface area contributed by atoms with Gasteiger partial charge in [-0.05, 0) is 33.3 Å². The molecular formula is C16H22FN3O7. The molecule has 0 aromatic heterocycles. The molecule has 2 bridgehead atoms. The van der Waals surface area contributed by atoms with Gasteiger partial charge in [-0.1, -0.05) is 6.08 Å². The number of ether oxygens (including phenoxy) is 2. The highest BCUT2D eigenvalue weighted by molar-refractivity contribution is 5.90. The third kappa shape index (κ3) is 4.35. The molecule has 2 N–H and O–H groups in total. The predicted octanol–water partition coefficient (Wildman–Crippen LogP) is 0.224. The van der Waals surface area contributed by atoms with Crippen LogP contribution in [0.25, 0.3) is 0 Å². The first-order valence-electron chi connectivity index (χ1n) is 8.15. The molecule has 0 radical (unpaired) electrons. The third-order valence-corrected chi connectivity index (χ3v) is 3.98. The van der Waals surface area contributed by atoms with Crippen LogP contribution >= 0.6 is 0 Å². The summed E-state index contributed by atoms with van der Waals surface area (Å²) in [5.74, 6) is -2.83. The van der Waals surface area contributed by atoms with Gasteiger partial charge in [-0.15, -0.1) is 0 Å². The van der Waals surface area contributed by atoms with E-state index in [1.807, 2.05) is 0 Å². The van der Waals surface area contributed by atoms with Crippen LogP contribution in [0.15, 0.2) is 11.6 Å². The van der Waals surface area contributed by atoms with Gasteiger partial charge in [0.1, 0.15) is 6.04 Å². The summed E-state index contributed by atoms with van der Waals surface area (Å²) in [6.07, 6.45) is -1.08. The van der Waals surface area contributed by atoms with Crippen LogP contribution in [0.4, 0.5) is 9.18 Å². The number of alkyl halides is 1. The summed E-state index contributed by atoms with van der Waals surface area (Å²) in [5.41, 5.74) is 4.99. The van der Waals surface area contributed by atoms with Gasteiger partial charge < -0.3 is 20.1 Å². The Hall–Kier alpha value is -2.69. The average molecular weight is 387 g/mol. The first-order chi connectivity index (χ1) is 12.4. The number of nitrogens with zero attached hydrogens (tertiary/aromatic N) is 2. The van der Waals surface area contributed by atoms with Crippen LogP contribution in [0.1, 0.15) is 27.7 Å². The number of carbonyl (C=O) groups excluding carboxylic acids is 4. The number of hydrogen-bond acceptors (Lipinski definition) is 7. The maximum absolute atomic E-state index is 14.0. The molecule has 3 atom stereocenters. The zero-order chi connectivity index (χ0) is 20.5. The fourth-order valence-corrected chi connectivity index (χ4v) is 2.67. The van der Waals surface area contributed by atoms with Gasteiger partial charge in [-0.3, -0.25) is 9.59 Å². The number of hydroxylamine groups is 2. The first kappa shape index (κ1) is 20.6. The molecule has 0 saturated carbocycles. The van der Waals surface area contributed by atoms with Crippen molar-refractivity contribution in [2.75, 3.05) is 13.3 Å². The summed E-state index contributed by atoms with van der Waals surface area (Å²) in [6.45, 7) is 5.67. The lowest BCUT2D eigenvalue weighted by molar-refractivity contribution is -0.229. The van der Waals surface area contributed by atoms with Crippen LogP contribution in [-0.2, 0) is 28.7 Å². The molecule has 2 heterocycles. The monoisotopic (exact) mass is 387 g/mol. The maximum Gasteiger partial charge on any atom is 0.373 e. The Morgan fingerprint density at radius 2 is 1.96 bits per heavy atom. The molecule has 1 saturated heterocycles. The summed E-state index contributed by atoms with van der Waals surface area (Å²) in [6, 6.07) is -2.44. The number of fused-ring (bicyclic) bond motifs is 2. The molecule has 0 spiro atoms. The van der Waals surface area contributed by atoms with Gasteiger partial charge in [0.2, 0.25) is 12.7 Å². The van der Waals surface area contributed by atoms with Crippen molar-refractivity contribution in [1.82, 2.24) is 9.96 Å². The highest BCUT2D eigenvalue weighted by atomic mass is 19.1. The maximum atomic E-state index is 14.0. The molecule has 0 aromatic carbocycles. The second-order valence-corrected chi connectivity index (χ2v) is 7.23.